The van der Waals surface area contributed by atoms with Crippen molar-refractivity contribution in [2.75, 3.05) is 25.1 Å². The molecule has 0 radical (unpaired) electrons. The van der Waals surface area contributed by atoms with Crippen LogP contribution in [0.4, 0.5) is 5.69 Å². The molecule has 0 amide bonds. The molecule has 0 aromatic carbocycles. The minimum Gasteiger partial charge on any atom is -0.382 e. The van der Waals surface area contributed by atoms with Gasteiger partial charge in [-0.25, -0.2) is 4.68 Å². The average molecular weight is 344 g/mol. The Labute approximate surface area is 127 Å². The molecular weight excluding hydrogens is 322 g/mol. The van der Waals surface area contributed by atoms with Crippen LogP contribution in [-0.4, -0.2) is 29.5 Å². The molecule has 1 aromatic heterocycles. The Hall–Kier alpha value is -0.880. The first-order valence-electron chi connectivity index (χ1n) is 7.15. The Bertz CT molecular complexity index is 496. The first-order chi connectivity index (χ1) is 9.58. The first kappa shape index (κ1) is 15.5. The van der Waals surface area contributed by atoms with Crippen LogP contribution in [0.5, 0.6) is 0 Å². The molecule has 0 atom stereocenters. The second kappa shape index (κ2) is 7.22. The molecule has 0 saturated carbocycles. The van der Waals surface area contributed by atoms with Crippen LogP contribution in [0.15, 0.2) is 15.5 Å². The standard InChI is InChI=1S/C14H22BrN3O2/c1-10(2)9-18-14(19)13(15)12(8-17-18)16-7-11-3-5-20-6-4-11/h8,10-11,16H,3-7,9H2,1-2H3. The molecule has 0 bridgehead atoms. The minimum atomic E-state index is -0.0734. The molecule has 1 aliphatic rings. The van der Waals surface area contributed by atoms with Crippen LogP contribution in [0, 0.1) is 11.8 Å². The van der Waals surface area contributed by atoms with Gasteiger partial charge < -0.3 is 10.1 Å². The van der Waals surface area contributed by atoms with E-state index < -0.39 is 0 Å². The summed E-state index contributed by atoms with van der Waals surface area (Å²) in [7, 11) is 0. The third kappa shape index (κ3) is 4.06. The monoisotopic (exact) mass is 343 g/mol. The molecule has 1 aromatic rings. The predicted molar refractivity (Wildman–Crippen MR) is 83.1 cm³/mol. The van der Waals surface area contributed by atoms with Gasteiger partial charge in [0.15, 0.2) is 0 Å². The van der Waals surface area contributed by atoms with Gasteiger partial charge in [0.1, 0.15) is 4.47 Å². The second-order valence-corrected chi connectivity index (χ2v) is 6.48. The highest BCUT2D eigenvalue weighted by molar-refractivity contribution is 9.10. The number of rotatable bonds is 5. The number of anilines is 1. The van der Waals surface area contributed by atoms with Gasteiger partial charge in [0.25, 0.3) is 5.56 Å². The Kier molecular flexibility index (Phi) is 5.60. The van der Waals surface area contributed by atoms with E-state index in [4.69, 9.17) is 4.74 Å². The van der Waals surface area contributed by atoms with Gasteiger partial charge >= 0.3 is 0 Å². The maximum atomic E-state index is 12.2. The SMILES string of the molecule is CC(C)Cn1ncc(NCC2CCOCC2)c(Br)c1=O. The number of halogens is 1. The number of nitrogens with one attached hydrogen (secondary N) is 1. The molecule has 1 aliphatic heterocycles. The first-order valence-corrected chi connectivity index (χ1v) is 7.94. The summed E-state index contributed by atoms with van der Waals surface area (Å²) in [6.45, 7) is 7.30. The van der Waals surface area contributed by atoms with Gasteiger partial charge in [-0.2, -0.15) is 5.10 Å². The highest BCUT2D eigenvalue weighted by Crippen LogP contribution is 2.19. The molecule has 1 N–H and O–H groups in total. The zero-order valence-electron chi connectivity index (χ0n) is 12.1. The Balaban J connectivity index is 2.01. The van der Waals surface area contributed by atoms with E-state index in [1.807, 2.05) is 0 Å². The topological polar surface area (TPSA) is 56.1 Å². The predicted octanol–water partition coefficient (Wildman–Crippen LogP) is 2.50. The molecule has 20 heavy (non-hydrogen) atoms. The molecule has 6 heteroatoms. The summed E-state index contributed by atoms with van der Waals surface area (Å²) in [4.78, 5) is 12.2. The van der Waals surface area contributed by atoms with Crippen LogP contribution in [0.2, 0.25) is 0 Å². The van der Waals surface area contributed by atoms with Gasteiger partial charge in [0.05, 0.1) is 11.9 Å². The van der Waals surface area contributed by atoms with Crippen molar-refractivity contribution in [2.45, 2.75) is 33.2 Å². The fourth-order valence-electron chi connectivity index (χ4n) is 2.27. The maximum absolute atomic E-state index is 12.2. The van der Waals surface area contributed by atoms with E-state index in [0.717, 1.165) is 38.3 Å². The van der Waals surface area contributed by atoms with Crippen molar-refractivity contribution in [3.05, 3.63) is 21.0 Å². The van der Waals surface area contributed by atoms with Gasteiger partial charge in [0, 0.05) is 26.3 Å². The normalized spacial score (nSPS) is 16.6. The van der Waals surface area contributed by atoms with E-state index in [1.165, 1.54) is 4.68 Å². The highest BCUT2D eigenvalue weighted by Gasteiger charge is 2.15. The molecule has 112 valence electrons. The Morgan fingerprint density at radius 2 is 2.20 bits per heavy atom. The molecule has 5 nitrogen and oxygen atoms in total. The minimum absolute atomic E-state index is 0.0734. The third-order valence-corrected chi connectivity index (χ3v) is 4.21. The molecule has 0 spiro atoms. The van der Waals surface area contributed by atoms with Crippen molar-refractivity contribution >= 4 is 21.6 Å². The lowest BCUT2D eigenvalue weighted by Crippen LogP contribution is -2.28. The van der Waals surface area contributed by atoms with Crippen LogP contribution in [-0.2, 0) is 11.3 Å². The van der Waals surface area contributed by atoms with Gasteiger partial charge in [-0.15, -0.1) is 0 Å². The quantitative estimate of drug-likeness (QED) is 0.892. The molecular formula is C14H22BrN3O2. The van der Waals surface area contributed by atoms with Crippen LogP contribution >= 0.6 is 15.9 Å². The van der Waals surface area contributed by atoms with Crippen molar-refractivity contribution < 1.29 is 4.74 Å². The van der Waals surface area contributed by atoms with Crippen molar-refractivity contribution in [3.63, 3.8) is 0 Å². The summed E-state index contributed by atoms with van der Waals surface area (Å²) in [5, 5.41) is 7.56. The van der Waals surface area contributed by atoms with Crippen LogP contribution in [0.1, 0.15) is 26.7 Å². The van der Waals surface area contributed by atoms with Crippen molar-refractivity contribution in [1.29, 1.82) is 0 Å². The fourth-order valence-corrected chi connectivity index (χ4v) is 2.72. The summed E-state index contributed by atoms with van der Waals surface area (Å²) in [5.41, 5.74) is 0.706. The lowest BCUT2D eigenvalue weighted by molar-refractivity contribution is 0.0699. The lowest BCUT2D eigenvalue weighted by Gasteiger charge is -2.22. The summed E-state index contributed by atoms with van der Waals surface area (Å²) >= 11 is 3.39. The summed E-state index contributed by atoms with van der Waals surface area (Å²) in [6, 6.07) is 0. The van der Waals surface area contributed by atoms with E-state index in [0.29, 0.717) is 22.9 Å². The highest BCUT2D eigenvalue weighted by atomic mass is 79.9. The van der Waals surface area contributed by atoms with Crippen LogP contribution in [0.25, 0.3) is 0 Å². The van der Waals surface area contributed by atoms with E-state index in [9.17, 15) is 4.79 Å². The second-order valence-electron chi connectivity index (χ2n) is 5.69. The lowest BCUT2D eigenvalue weighted by atomic mass is 10.0. The van der Waals surface area contributed by atoms with E-state index in [2.05, 4.69) is 40.2 Å². The van der Waals surface area contributed by atoms with Gasteiger partial charge in [-0.1, -0.05) is 13.8 Å². The number of hydrogen-bond acceptors (Lipinski definition) is 4. The van der Waals surface area contributed by atoms with Gasteiger partial charge in [-0.05, 0) is 40.6 Å². The van der Waals surface area contributed by atoms with E-state index >= 15 is 0 Å². The zero-order chi connectivity index (χ0) is 14.5. The van der Waals surface area contributed by atoms with Crippen molar-refractivity contribution in [2.24, 2.45) is 11.8 Å². The number of ether oxygens (including phenoxy) is 1. The summed E-state index contributed by atoms with van der Waals surface area (Å²) in [5.74, 6) is 1.00. The number of aromatic nitrogens is 2. The van der Waals surface area contributed by atoms with Crippen LogP contribution < -0.4 is 10.9 Å². The average Bonchev–Trinajstić information content (AvgIpc) is 2.44. The van der Waals surface area contributed by atoms with Gasteiger partial charge in [0.2, 0.25) is 0 Å². The Morgan fingerprint density at radius 1 is 1.50 bits per heavy atom. The largest absolute Gasteiger partial charge is 0.382 e. The molecule has 0 unspecified atom stereocenters. The van der Waals surface area contributed by atoms with E-state index in [-0.39, 0.29) is 5.56 Å². The van der Waals surface area contributed by atoms with Crippen molar-refractivity contribution in [3.8, 4) is 0 Å². The third-order valence-electron chi connectivity index (χ3n) is 3.45. The molecule has 1 saturated heterocycles. The fraction of sp³-hybridized carbons (Fsp3) is 0.714. The summed E-state index contributed by atoms with van der Waals surface area (Å²) in [6.07, 6.45) is 3.87. The molecule has 0 aliphatic carbocycles. The van der Waals surface area contributed by atoms with Crippen LogP contribution in [0.3, 0.4) is 0 Å². The molecule has 2 heterocycles. The van der Waals surface area contributed by atoms with Gasteiger partial charge in [-0.3, -0.25) is 4.79 Å². The van der Waals surface area contributed by atoms with Crippen molar-refractivity contribution in [1.82, 2.24) is 9.78 Å². The molecule has 1 fully saturated rings. The maximum Gasteiger partial charge on any atom is 0.283 e. The number of hydrogen-bond donors (Lipinski definition) is 1. The van der Waals surface area contributed by atoms with E-state index in [1.54, 1.807) is 6.20 Å². The Morgan fingerprint density at radius 3 is 2.85 bits per heavy atom. The number of nitrogens with zero attached hydrogens (tertiary/aromatic N) is 2. The zero-order valence-corrected chi connectivity index (χ0v) is 13.6. The molecule has 2 rings (SSSR count). The summed E-state index contributed by atoms with van der Waals surface area (Å²) < 4.78 is 7.42. The smallest absolute Gasteiger partial charge is 0.283 e.